The molecule has 0 spiro atoms. The smallest absolute Gasteiger partial charge is 0.322 e. The molecule has 0 aromatic rings. The Morgan fingerprint density at radius 3 is 1.94 bits per heavy atom. The van der Waals surface area contributed by atoms with Gasteiger partial charge in [-0.25, -0.2) is 0 Å². The van der Waals surface area contributed by atoms with Crippen LogP contribution >= 0.6 is 0 Å². The van der Waals surface area contributed by atoms with Crippen LogP contribution in [-0.2, 0) is 28.8 Å². The maximum Gasteiger partial charge on any atom is 0.322 e. The summed E-state index contributed by atoms with van der Waals surface area (Å²) < 4.78 is 0. The zero-order chi connectivity index (χ0) is 25.6. The zero-order valence-electron chi connectivity index (χ0n) is 17.8. The number of rotatable bonds is 16. The Balaban J connectivity index is 5.24. The number of hydrogen-bond donors (Lipinski definition) is 9. The van der Waals surface area contributed by atoms with E-state index in [2.05, 4.69) is 15.6 Å². The molecular formula is C17H30N8O8. The molecule has 0 saturated heterocycles. The Hall–Kier alpha value is -3.95. The minimum atomic E-state index is -1.64. The molecule has 0 radical (unpaired) electrons. The molecule has 0 fully saturated rings. The number of primary amides is 1. The third kappa shape index (κ3) is 13.9. The van der Waals surface area contributed by atoms with Gasteiger partial charge in [-0.15, -0.1) is 0 Å². The number of amides is 4. The summed E-state index contributed by atoms with van der Waals surface area (Å²) in [4.78, 5) is 73.5. The van der Waals surface area contributed by atoms with E-state index in [0.29, 0.717) is 6.42 Å². The third-order valence-electron chi connectivity index (χ3n) is 4.04. The second kappa shape index (κ2) is 15.0. The van der Waals surface area contributed by atoms with Crippen LogP contribution in [0.5, 0.6) is 0 Å². The van der Waals surface area contributed by atoms with Gasteiger partial charge in [0.1, 0.15) is 18.6 Å². The van der Waals surface area contributed by atoms with Crippen molar-refractivity contribution in [2.24, 2.45) is 27.9 Å². The van der Waals surface area contributed by atoms with Crippen molar-refractivity contribution in [1.29, 1.82) is 0 Å². The lowest BCUT2D eigenvalue weighted by atomic mass is 10.1. The molecule has 16 heteroatoms. The Morgan fingerprint density at radius 1 is 0.818 bits per heavy atom. The highest BCUT2D eigenvalue weighted by Gasteiger charge is 2.29. The molecule has 4 amide bonds. The van der Waals surface area contributed by atoms with Gasteiger partial charge >= 0.3 is 11.9 Å². The van der Waals surface area contributed by atoms with Crippen molar-refractivity contribution in [2.45, 2.75) is 50.2 Å². The normalized spacial score (nSPS) is 13.0. The molecule has 0 aromatic carbocycles. The van der Waals surface area contributed by atoms with E-state index in [1.165, 1.54) is 0 Å². The predicted molar refractivity (Wildman–Crippen MR) is 113 cm³/mol. The van der Waals surface area contributed by atoms with Crippen LogP contribution in [0.4, 0.5) is 0 Å². The van der Waals surface area contributed by atoms with E-state index in [1.54, 1.807) is 0 Å². The van der Waals surface area contributed by atoms with Crippen molar-refractivity contribution < 1.29 is 39.0 Å². The number of hydrogen-bond acceptors (Lipinski definition) is 8. The van der Waals surface area contributed by atoms with Gasteiger partial charge in [0, 0.05) is 13.0 Å². The van der Waals surface area contributed by atoms with Crippen molar-refractivity contribution in [3.63, 3.8) is 0 Å². The van der Waals surface area contributed by atoms with Crippen molar-refractivity contribution in [1.82, 2.24) is 16.0 Å². The van der Waals surface area contributed by atoms with Crippen LogP contribution < -0.4 is 38.9 Å². The lowest BCUT2D eigenvalue weighted by Gasteiger charge is -2.23. The summed E-state index contributed by atoms with van der Waals surface area (Å²) in [6.45, 7) is -0.585. The Kier molecular flexibility index (Phi) is 13.2. The molecule has 0 bridgehead atoms. The number of guanidine groups is 1. The molecular weight excluding hydrogens is 444 g/mol. The van der Waals surface area contributed by atoms with E-state index in [0.717, 1.165) is 0 Å². The zero-order valence-corrected chi connectivity index (χ0v) is 17.8. The largest absolute Gasteiger partial charge is 0.481 e. The van der Waals surface area contributed by atoms with E-state index in [1.807, 2.05) is 5.32 Å². The minimum Gasteiger partial charge on any atom is -0.481 e. The van der Waals surface area contributed by atoms with Gasteiger partial charge in [-0.05, 0) is 19.3 Å². The quantitative estimate of drug-likeness (QED) is 0.0581. The maximum atomic E-state index is 12.6. The van der Waals surface area contributed by atoms with Gasteiger partial charge < -0.3 is 49.1 Å². The lowest BCUT2D eigenvalue weighted by Crippen LogP contribution is -2.56. The van der Waals surface area contributed by atoms with Gasteiger partial charge in [0.15, 0.2) is 5.96 Å². The number of aliphatic imine (C=N–C) groups is 1. The van der Waals surface area contributed by atoms with Crippen LogP contribution in [0.3, 0.4) is 0 Å². The third-order valence-corrected chi connectivity index (χ3v) is 4.04. The standard InChI is InChI=1S/C17H30N8O8/c18-8(2-1-5-22-17(20)21)14(31)24-9(3-4-11(19)26)16(33)25-10(6-12(27)28)15(32)23-7-13(29)30/h8-10H,1-7,18H2,(H2,19,26)(H,23,32)(H,24,31)(H,25,33)(H,27,28)(H,29,30)(H4,20,21,22). The number of nitrogens with two attached hydrogens (primary N) is 4. The number of carboxylic acids is 2. The highest BCUT2D eigenvalue weighted by Crippen LogP contribution is 2.03. The number of carboxylic acid groups (broad SMARTS) is 2. The van der Waals surface area contributed by atoms with Gasteiger partial charge in [0.2, 0.25) is 23.6 Å². The molecule has 3 unspecified atom stereocenters. The fraction of sp³-hybridized carbons (Fsp3) is 0.588. The molecule has 16 nitrogen and oxygen atoms in total. The maximum absolute atomic E-state index is 12.6. The number of carbonyl (C=O) groups excluding carboxylic acids is 4. The summed E-state index contributed by atoms with van der Waals surface area (Å²) >= 11 is 0. The Bertz CT molecular complexity index is 768. The second-order valence-corrected chi connectivity index (χ2v) is 6.89. The van der Waals surface area contributed by atoms with E-state index in [-0.39, 0.29) is 31.8 Å². The molecule has 0 aliphatic rings. The van der Waals surface area contributed by atoms with Crippen LogP contribution in [0.15, 0.2) is 4.99 Å². The monoisotopic (exact) mass is 474 g/mol. The molecule has 13 N–H and O–H groups in total. The molecule has 0 rings (SSSR count). The average molecular weight is 474 g/mol. The van der Waals surface area contributed by atoms with Crippen molar-refractivity contribution in [2.75, 3.05) is 13.1 Å². The summed E-state index contributed by atoms with van der Waals surface area (Å²) in [6.07, 6.45) is -0.921. The number of aliphatic carboxylic acids is 2. The molecule has 3 atom stereocenters. The average Bonchev–Trinajstić information content (AvgIpc) is 2.70. The minimum absolute atomic E-state index is 0.125. The van der Waals surface area contributed by atoms with Crippen LogP contribution in [-0.4, -0.2) is 83.0 Å². The van der Waals surface area contributed by atoms with Gasteiger partial charge in [0.05, 0.1) is 12.5 Å². The van der Waals surface area contributed by atoms with Crippen molar-refractivity contribution in [3.8, 4) is 0 Å². The first-order chi connectivity index (χ1) is 15.3. The highest BCUT2D eigenvalue weighted by atomic mass is 16.4. The van der Waals surface area contributed by atoms with Gasteiger partial charge in [0.25, 0.3) is 0 Å². The van der Waals surface area contributed by atoms with Crippen LogP contribution in [0.1, 0.15) is 32.1 Å². The van der Waals surface area contributed by atoms with E-state index >= 15 is 0 Å². The van der Waals surface area contributed by atoms with Gasteiger partial charge in [-0.2, -0.15) is 0 Å². The summed E-state index contributed by atoms with van der Waals surface area (Å²) in [5.74, 6) is -6.55. The van der Waals surface area contributed by atoms with Crippen molar-refractivity contribution >= 4 is 41.5 Å². The lowest BCUT2D eigenvalue weighted by molar-refractivity contribution is -0.141. The first kappa shape index (κ1) is 29.0. The predicted octanol–water partition coefficient (Wildman–Crippen LogP) is -4.72. The van der Waals surface area contributed by atoms with Crippen LogP contribution in [0.25, 0.3) is 0 Å². The molecule has 0 aliphatic heterocycles. The number of nitrogens with zero attached hydrogens (tertiary/aromatic N) is 1. The molecule has 0 aliphatic carbocycles. The summed E-state index contributed by atoms with van der Waals surface area (Å²) in [6, 6.07) is -4.08. The molecule has 0 saturated carbocycles. The molecule has 186 valence electrons. The molecule has 33 heavy (non-hydrogen) atoms. The first-order valence-corrected chi connectivity index (χ1v) is 9.74. The summed E-state index contributed by atoms with van der Waals surface area (Å²) in [5, 5.41) is 24.0. The number of carbonyl (C=O) groups is 6. The van der Waals surface area contributed by atoms with Crippen molar-refractivity contribution in [3.05, 3.63) is 0 Å². The molecule has 0 heterocycles. The fourth-order valence-corrected chi connectivity index (χ4v) is 2.43. The van der Waals surface area contributed by atoms with Crippen LogP contribution in [0.2, 0.25) is 0 Å². The van der Waals surface area contributed by atoms with Gasteiger partial charge in [-0.3, -0.25) is 33.8 Å². The highest BCUT2D eigenvalue weighted by molar-refractivity contribution is 5.95. The van der Waals surface area contributed by atoms with Gasteiger partial charge in [-0.1, -0.05) is 0 Å². The SMILES string of the molecule is NC(=O)CCC(NC(=O)C(N)CCCN=C(N)N)C(=O)NC(CC(=O)O)C(=O)NCC(=O)O. The summed E-state index contributed by atoms with van der Waals surface area (Å²) in [5.41, 5.74) is 21.2. The Morgan fingerprint density at radius 2 is 1.42 bits per heavy atom. The molecule has 0 aromatic heterocycles. The first-order valence-electron chi connectivity index (χ1n) is 9.74. The Labute approximate surface area is 188 Å². The second-order valence-electron chi connectivity index (χ2n) is 6.89. The van der Waals surface area contributed by atoms with E-state index in [4.69, 9.17) is 33.1 Å². The van der Waals surface area contributed by atoms with E-state index in [9.17, 15) is 28.8 Å². The van der Waals surface area contributed by atoms with E-state index < -0.39 is 66.7 Å². The topological polar surface area (TPSA) is 295 Å². The fourth-order valence-electron chi connectivity index (χ4n) is 2.43. The van der Waals surface area contributed by atoms with Crippen LogP contribution in [0, 0.1) is 0 Å². The number of nitrogens with one attached hydrogen (secondary N) is 3. The summed E-state index contributed by atoms with van der Waals surface area (Å²) in [7, 11) is 0.